The van der Waals surface area contributed by atoms with Crippen molar-refractivity contribution in [3.63, 3.8) is 0 Å². The predicted octanol–water partition coefficient (Wildman–Crippen LogP) is -0.514. The molecule has 0 saturated carbocycles. The van der Waals surface area contributed by atoms with Gasteiger partial charge in [0.1, 0.15) is 0 Å². The van der Waals surface area contributed by atoms with Crippen LogP contribution in [0.5, 0.6) is 0 Å². The molecule has 1 fully saturated rings. The fourth-order valence-electron chi connectivity index (χ4n) is 0.824. The van der Waals surface area contributed by atoms with E-state index in [9.17, 15) is 8.42 Å². The van der Waals surface area contributed by atoms with Gasteiger partial charge in [-0.2, -0.15) is 8.42 Å². The highest BCUT2D eigenvalue weighted by atomic mass is 32.2. The maximum absolute atomic E-state index is 10.5. The van der Waals surface area contributed by atoms with Crippen molar-refractivity contribution < 1.29 is 12.6 Å². The van der Waals surface area contributed by atoms with Gasteiger partial charge in [0.2, 0.25) is 0 Å². The molecule has 1 rings (SSSR count). The summed E-state index contributed by atoms with van der Waals surface area (Å²) in [7, 11) is -3.28. The zero-order valence-corrected chi connectivity index (χ0v) is 6.52. The highest BCUT2D eigenvalue weighted by Gasteiger charge is 2.19. The summed E-state index contributed by atoms with van der Waals surface area (Å²) in [5.41, 5.74) is 0. The van der Waals surface area contributed by atoms with E-state index >= 15 is 0 Å². The second kappa shape index (κ2) is 2.86. The van der Waals surface area contributed by atoms with Crippen LogP contribution in [0.1, 0.15) is 6.42 Å². The van der Waals surface area contributed by atoms with E-state index in [4.69, 9.17) is 0 Å². The standard InChI is InChI=1S/C5H10NO3S/c1-10(7,8)9-5-2-3-6-4-5/h4-6H,2-3H2,1H3. The molecule has 5 heteroatoms. The van der Waals surface area contributed by atoms with Gasteiger partial charge in [-0.15, -0.1) is 0 Å². The molecule has 1 saturated heterocycles. The molecule has 0 aromatic carbocycles. The topological polar surface area (TPSA) is 55.4 Å². The molecule has 1 unspecified atom stereocenters. The Balaban J connectivity index is 2.38. The second-order valence-electron chi connectivity index (χ2n) is 2.25. The van der Waals surface area contributed by atoms with E-state index in [0.29, 0.717) is 0 Å². The van der Waals surface area contributed by atoms with Gasteiger partial charge in [0.15, 0.2) is 0 Å². The Morgan fingerprint density at radius 2 is 2.40 bits per heavy atom. The molecule has 0 amide bonds. The Kier molecular flexibility index (Phi) is 2.28. The molecule has 1 aliphatic rings. The molecule has 0 aromatic heterocycles. The number of rotatable bonds is 2. The van der Waals surface area contributed by atoms with Gasteiger partial charge < -0.3 is 5.32 Å². The Hall–Kier alpha value is -0.130. The molecule has 1 heterocycles. The highest BCUT2D eigenvalue weighted by Crippen LogP contribution is 2.08. The summed E-state index contributed by atoms with van der Waals surface area (Å²) in [5.74, 6) is 0. The van der Waals surface area contributed by atoms with E-state index in [1.54, 1.807) is 6.54 Å². The molecule has 1 aliphatic heterocycles. The minimum absolute atomic E-state index is 0.269. The third kappa shape index (κ3) is 2.64. The Morgan fingerprint density at radius 1 is 1.70 bits per heavy atom. The lowest BCUT2D eigenvalue weighted by molar-refractivity contribution is 0.252. The van der Waals surface area contributed by atoms with Crippen molar-refractivity contribution in [1.29, 1.82) is 0 Å². The first-order valence-corrected chi connectivity index (χ1v) is 4.84. The van der Waals surface area contributed by atoms with Gasteiger partial charge in [-0.05, 0) is 13.0 Å². The summed E-state index contributed by atoms with van der Waals surface area (Å²) in [4.78, 5) is 0. The molecule has 4 nitrogen and oxygen atoms in total. The van der Waals surface area contributed by atoms with Crippen molar-refractivity contribution in [3.8, 4) is 0 Å². The predicted molar refractivity (Wildman–Crippen MR) is 36.6 cm³/mol. The van der Waals surface area contributed by atoms with Gasteiger partial charge in [0.05, 0.1) is 18.9 Å². The zero-order valence-electron chi connectivity index (χ0n) is 5.70. The van der Waals surface area contributed by atoms with E-state index in [-0.39, 0.29) is 6.10 Å². The lowest BCUT2D eigenvalue weighted by Gasteiger charge is -2.05. The third-order valence-electron chi connectivity index (χ3n) is 1.18. The van der Waals surface area contributed by atoms with Crippen molar-refractivity contribution in [2.45, 2.75) is 12.5 Å². The van der Waals surface area contributed by atoms with E-state index in [1.807, 2.05) is 0 Å². The van der Waals surface area contributed by atoms with Crippen LogP contribution in [0, 0.1) is 6.54 Å². The highest BCUT2D eigenvalue weighted by molar-refractivity contribution is 7.86. The molecular weight excluding hydrogens is 154 g/mol. The third-order valence-corrected chi connectivity index (χ3v) is 1.77. The van der Waals surface area contributed by atoms with Crippen LogP contribution in [-0.2, 0) is 14.3 Å². The maximum Gasteiger partial charge on any atom is 0.264 e. The fourth-order valence-corrected chi connectivity index (χ4v) is 1.42. The maximum atomic E-state index is 10.5. The molecule has 0 aliphatic carbocycles. The zero-order chi connectivity index (χ0) is 7.61. The molecule has 1 N–H and O–H groups in total. The summed E-state index contributed by atoms with van der Waals surface area (Å²) in [6, 6.07) is 0. The minimum Gasteiger partial charge on any atom is -0.310 e. The monoisotopic (exact) mass is 164 g/mol. The lowest BCUT2D eigenvalue weighted by atomic mass is 10.3. The number of hydrogen-bond donors (Lipinski definition) is 1. The largest absolute Gasteiger partial charge is 0.310 e. The van der Waals surface area contributed by atoms with Crippen molar-refractivity contribution in [1.82, 2.24) is 5.32 Å². The van der Waals surface area contributed by atoms with Gasteiger partial charge >= 0.3 is 0 Å². The normalized spacial score (nSPS) is 27.1. The van der Waals surface area contributed by atoms with Gasteiger partial charge in [-0.25, -0.2) is 0 Å². The molecule has 1 radical (unpaired) electrons. The van der Waals surface area contributed by atoms with Crippen LogP contribution in [0.25, 0.3) is 0 Å². The molecule has 0 bridgehead atoms. The minimum atomic E-state index is -3.28. The molecule has 59 valence electrons. The van der Waals surface area contributed by atoms with Crippen LogP contribution in [0.2, 0.25) is 0 Å². The van der Waals surface area contributed by atoms with Crippen LogP contribution >= 0.6 is 0 Å². The molecule has 10 heavy (non-hydrogen) atoms. The van der Waals surface area contributed by atoms with Crippen LogP contribution in [0.3, 0.4) is 0 Å². The summed E-state index contributed by atoms with van der Waals surface area (Å²) < 4.78 is 25.7. The smallest absolute Gasteiger partial charge is 0.264 e. The van der Waals surface area contributed by atoms with Crippen molar-refractivity contribution >= 4 is 10.1 Å². The quantitative estimate of drug-likeness (QED) is 0.558. The first-order chi connectivity index (χ1) is 4.58. The van der Waals surface area contributed by atoms with Crippen molar-refractivity contribution in [3.05, 3.63) is 6.54 Å². The molecule has 1 atom stereocenters. The summed E-state index contributed by atoms with van der Waals surface area (Å²) in [6.45, 7) is 2.45. The summed E-state index contributed by atoms with van der Waals surface area (Å²) >= 11 is 0. The molecule has 0 spiro atoms. The van der Waals surface area contributed by atoms with Crippen LogP contribution in [0.15, 0.2) is 0 Å². The van der Waals surface area contributed by atoms with Gasteiger partial charge in [0, 0.05) is 0 Å². The fraction of sp³-hybridized carbons (Fsp3) is 0.800. The van der Waals surface area contributed by atoms with E-state index in [0.717, 1.165) is 19.2 Å². The molecular formula is C5H10NO3S. The first kappa shape index (κ1) is 7.97. The summed E-state index contributed by atoms with van der Waals surface area (Å²) in [6.07, 6.45) is 1.52. The van der Waals surface area contributed by atoms with Crippen molar-refractivity contribution in [2.75, 3.05) is 12.8 Å². The Bertz CT molecular complexity index is 193. The van der Waals surface area contributed by atoms with E-state index < -0.39 is 10.1 Å². The van der Waals surface area contributed by atoms with Crippen LogP contribution in [0.4, 0.5) is 0 Å². The Morgan fingerprint density at radius 3 is 2.80 bits per heavy atom. The van der Waals surface area contributed by atoms with Gasteiger partial charge in [-0.3, -0.25) is 4.18 Å². The van der Waals surface area contributed by atoms with Crippen LogP contribution in [-0.4, -0.2) is 27.3 Å². The van der Waals surface area contributed by atoms with Crippen LogP contribution < -0.4 is 5.32 Å². The average Bonchev–Trinajstić information content (AvgIpc) is 2.12. The SMILES string of the molecule is CS(=O)(=O)OC1[CH]NCC1. The number of nitrogens with one attached hydrogen (secondary N) is 1. The van der Waals surface area contributed by atoms with Gasteiger partial charge in [0.25, 0.3) is 10.1 Å². The van der Waals surface area contributed by atoms with E-state index in [2.05, 4.69) is 9.50 Å². The van der Waals surface area contributed by atoms with Crippen molar-refractivity contribution in [2.24, 2.45) is 0 Å². The second-order valence-corrected chi connectivity index (χ2v) is 3.85. The van der Waals surface area contributed by atoms with E-state index in [1.165, 1.54) is 0 Å². The number of hydrogen-bond acceptors (Lipinski definition) is 4. The van der Waals surface area contributed by atoms with Gasteiger partial charge in [-0.1, -0.05) is 0 Å². The molecule has 0 aromatic rings. The Labute approximate surface area is 60.7 Å². The lowest BCUT2D eigenvalue weighted by Crippen LogP contribution is -2.15. The summed E-state index contributed by atoms with van der Waals surface area (Å²) in [5, 5.41) is 2.88. The first-order valence-electron chi connectivity index (χ1n) is 3.03. The average molecular weight is 164 g/mol.